The Morgan fingerprint density at radius 2 is 2.19 bits per heavy atom. The molecule has 26 heavy (non-hydrogen) atoms. The minimum absolute atomic E-state index is 0.0790. The topological polar surface area (TPSA) is 91.8 Å². The summed E-state index contributed by atoms with van der Waals surface area (Å²) in [5, 5.41) is 12.5. The van der Waals surface area contributed by atoms with Crippen LogP contribution in [0, 0.1) is 17.3 Å². The number of fused-ring (bicyclic) bond motifs is 1. The van der Waals surface area contributed by atoms with Crippen LogP contribution in [0.2, 0.25) is 0 Å². The summed E-state index contributed by atoms with van der Waals surface area (Å²) in [6.07, 6.45) is 6.69. The Hall–Kier alpha value is -2.31. The highest BCUT2D eigenvalue weighted by atomic mass is 16.5. The minimum Gasteiger partial charge on any atom is -0.481 e. The molecular formula is C19H25N3O4. The number of nitrogens with one attached hydrogen (secondary N) is 1. The van der Waals surface area contributed by atoms with E-state index >= 15 is 0 Å². The van der Waals surface area contributed by atoms with E-state index in [2.05, 4.69) is 10.3 Å². The summed E-state index contributed by atoms with van der Waals surface area (Å²) in [5.41, 5.74) is 0.156. The third kappa shape index (κ3) is 3.34. The molecule has 1 aromatic heterocycles. The molecule has 2 atom stereocenters. The van der Waals surface area contributed by atoms with Crippen molar-refractivity contribution in [3.8, 4) is 5.88 Å². The number of hydrogen-bond donors (Lipinski definition) is 2. The predicted octanol–water partition coefficient (Wildman–Crippen LogP) is 2.27. The van der Waals surface area contributed by atoms with Gasteiger partial charge in [-0.3, -0.25) is 4.79 Å². The van der Waals surface area contributed by atoms with Crippen molar-refractivity contribution < 1.29 is 19.4 Å². The second-order valence-electron chi connectivity index (χ2n) is 7.85. The first-order valence-electron chi connectivity index (χ1n) is 9.41. The third-order valence-electron chi connectivity index (χ3n) is 5.99. The zero-order valence-corrected chi connectivity index (χ0v) is 14.8. The molecule has 0 bridgehead atoms. The van der Waals surface area contributed by atoms with Gasteiger partial charge in [0.25, 0.3) is 0 Å². The molecule has 3 fully saturated rings. The largest absolute Gasteiger partial charge is 0.481 e. The monoisotopic (exact) mass is 359 g/mol. The number of pyridine rings is 1. The Morgan fingerprint density at radius 3 is 2.85 bits per heavy atom. The zero-order valence-electron chi connectivity index (χ0n) is 14.8. The maximum Gasteiger partial charge on any atom is 0.317 e. The van der Waals surface area contributed by atoms with Crippen LogP contribution in [0.25, 0.3) is 0 Å². The average Bonchev–Trinajstić information content (AvgIpc) is 3.25. The number of likely N-dealkylation sites (tertiary alicyclic amines) is 1. The van der Waals surface area contributed by atoms with Crippen molar-refractivity contribution in [2.45, 2.75) is 38.6 Å². The quantitative estimate of drug-likeness (QED) is 0.813. The first-order chi connectivity index (χ1) is 12.6. The van der Waals surface area contributed by atoms with Crippen molar-refractivity contribution in [2.24, 2.45) is 17.3 Å². The van der Waals surface area contributed by atoms with Gasteiger partial charge >= 0.3 is 12.0 Å². The first-order valence-corrected chi connectivity index (χ1v) is 9.41. The Balaban J connectivity index is 1.28. The summed E-state index contributed by atoms with van der Waals surface area (Å²) in [7, 11) is 0. The standard InChI is InChI=1S/C19H25N3O4/c23-17(24)19-7-1-2-15(19)10-22(12-19)18(25)21-9-14-5-6-16(20-8-14)26-11-13-3-4-13/h5-6,8,13,15H,1-4,7,9-12H2,(H,21,25)(H,23,24)/t15-,19+/m0/s1. The molecule has 1 aromatic rings. The summed E-state index contributed by atoms with van der Waals surface area (Å²) in [6.45, 7) is 1.94. The molecule has 0 radical (unpaired) electrons. The van der Waals surface area contributed by atoms with Crippen LogP contribution in [0.1, 0.15) is 37.7 Å². The number of carbonyl (C=O) groups is 2. The summed E-state index contributed by atoms with van der Waals surface area (Å²) < 4.78 is 5.61. The van der Waals surface area contributed by atoms with E-state index in [9.17, 15) is 14.7 Å². The van der Waals surface area contributed by atoms with Crippen LogP contribution >= 0.6 is 0 Å². The normalized spacial score (nSPS) is 27.2. The van der Waals surface area contributed by atoms with Crippen LogP contribution in [-0.2, 0) is 11.3 Å². The molecule has 0 spiro atoms. The number of urea groups is 1. The molecule has 2 amide bonds. The number of amides is 2. The van der Waals surface area contributed by atoms with Gasteiger partial charge in [0, 0.05) is 31.9 Å². The van der Waals surface area contributed by atoms with Crippen molar-refractivity contribution in [2.75, 3.05) is 19.7 Å². The second-order valence-corrected chi connectivity index (χ2v) is 7.85. The molecule has 2 saturated carbocycles. The lowest BCUT2D eigenvalue weighted by Crippen LogP contribution is -2.41. The van der Waals surface area contributed by atoms with E-state index in [1.807, 2.05) is 12.1 Å². The van der Waals surface area contributed by atoms with E-state index in [1.165, 1.54) is 12.8 Å². The lowest BCUT2D eigenvalue weighted by atomic mass is 9.81. The molecule has 0 aromatic carbocycles. The highest BCUT2D eigenvalue weighted by Crippen LogP contribution is 2.48. The Bertz CT molecular complexity index is 689. The van der Waals surface area contributed by atoms with Gasteiger partial charge in [-0.15, -0.1) is 0 Å². The van der Waals surface area contributed by atoms with Gasteiger partial charge in [0.2, 0.25) is 5.88 Å². The van der Waals surface area contributed by atoms with E-state index in [1.54, 1.807) is 11.1 Å². The number of carbonyl (C=O) groups excluding carboxylic acids is 1. The average molecular weight is 359 g/mol. The third-order valence-corrected chi connectivity index (χ3v) is 5.99. The number of carboxylic acid groups (broad SMARTS) is 1. The SMILES string of the molecule is O=C(NCc1ccc(OCC2CC2)nc1)N1C[C@@H]2CCC[C@@]2(C(=O)O)C1. The smallest absolute Gasteiger partial charge is 0.317 e. The molecule has 7 heteroatoms. The van der Waals surface area contributed by atoms with E-state index in [0.29, 0.717) is 37.9 Å². The van der Waals surface area contributed by atoms with Crippen molar-refractivity contribution >= 4 is 12.0 Å². The Morgan fingerprint density at radius 1 is 1.35 bits per heavy atom. The van der Waals surface area contributed by atoms with Crippen molar-refractivity contribution in [3.63, 3.8) is 0 Å². The molecule has 140 valence electrons. The van der Waals surface area contributed by atoms with Gasteiger partial charge in [-0.05, 0) is 43.1 Å². The van der Waals surface area contributed by atoms with Crippen LogP contribution < -0.4 is 10.1 Å². The fourth-order valence-electron chi connectivity index (χ4n) is 4.17. The highest BCUT2D eigenvalue weighted by molar-refractivity contribution is 5.80. The van der Waals surface area contributed by atoms with E-state index in [0.717, 1.165) is 25.0 Å². The number of aliphatic carboxylic acids is 1. The molecule has 2 aliphatic carbocycles. The summed E-state index contributed by atoms with van der Waals surface area (Å²) >= 11 is 0. The Labute approximate surface area is 152 Å². The Kier molecular flexibility index (Phi) is 4.46. The lowest BCUT2D eigenvalue weighted by molar-refractivity contribution is -0.149. The van der Waals surface area contributed by atoms with Gasteiger partial charge in [0.15, 0.2) is 0 Å². The van der Waals surface area contributed by atoms with E-state index in [-0.39, 0.29) is 11.9 Å². The van der Waals surface area contributed by atoms with Crippen LogP contribution in [-0.4, -0.2) is 46.7 Å². The van der Waals surface area contributed by atoms with Crippen LogP contribution in [0.15, 0.2) is 18.3 Å². The molecule has 1 aliphatic heterocycles. The first kappa shape index (κ1) is 17.1. The summed E-state index contributed by atoms with van der Waals surface area (Å²) in [6, 6.07) is 3.52. The number of aromatic nitrogens is 1. The maximum absolute atomic E-state index is 12.4. The van der Waals surface area contributed by atoms with Gasteiger partial charge in [-0.1, -0.05) is 12.5 Å². The van der Waals surface area contributed by atoms with E-state index in [4.69, 9.17) is 4.74 Å². The van der Waals surface area contributed by atoms with E-state index < -0.39 is 11.4 Å². The van der Waals surface area contributed by atoms with Gasteiger partial charge in [-0.2, -0.15) is 0 Å². The predicted molar refractivity (Wildman–Crippen MR) is 93.7 cm³/mol. The van der Waals surface area contributed by atoms with Gasteiger partial charge in [0.05, 0.1) is 12.0 Å². The highest BCUT2D eigenvalue weighted by Gasteiger charge is 2.55. The molecule has 3 aliphatic rings. The van der Waals surface area contributed by atoms with Crippen molar-refractivity contribution in [3.05, 3.63) is 23.9 Å². The van der Waals surface area contributed by atoms with Crippen molar-refractivity contribution in [1.82, 2.24) is 15.2 Å². The molecular weight excluding hydrogens is 334 g/mol. The number of ether oxygens (including phenoxy) is 1. The van der Waals surface area contributed by atoms with Crippen LogP contribution in [0.4, 0.5) is 4.79 Å². The summed E-state index contributed by atoms with van der Waals surface area (Å²) in [5.74, 6) is 0.615. The minimum atomic E-state index is -0.763. The van der Waals surface area contributed by atoms with Gasteiger partial charge in [-0.25, -0.2) is 9.78 Å². The maximum atomic E-state index is 12.4. The van der Waals surface area contributed by atoms with Gasteiger partial charge in [0.1, 0.15) is 0 Å². The molecule has 7 nitrogen and oxygen atoms in total. The number of carboxylic acids is 1. The van der Waals surface area contributed by atoms with Gasteiger partial charge < -0.3 is 20.1 Å². The summed E-state index contributed by atoms with van der Waals surface area (Å²) in [4.78, 5) is 30.1. The molecule has 0 unspecified atom stereocenters. The second kappa shape index (κ2) is 6.78. The molecule has 2 N–H and O–H groups in total. The zero-order chi connectivity index (χ0) is 18.1. The molecule has 1 saturated heterocycles. The number of nitrogens with zero attached hydrogens (tertiary/aromatic N) is 2. The lowest BCUT2D eigenvalue weighted by Gasteiger charge is -2.23. The molecule has 2 heterocycles. The number of rotatable bonds is 6. The van der Waals surface area contributed by atoms with Crippen LogP contribution in [0.5, 0.6) is 5.88 Å². The van der Waals surface area contributed by atoms with Crippen molar-refractivity contribution in [1.29, 1.82) is 0 Å². The fraction of sp³-hybridized carbons (Fsp3) is 0.632. The number of hydrogen-bond acceptors (Lipinski definition) is 4. The van der Waals surface area contributed by atoms with Crippen LogP contribution in [0.3, 0.4) is 0 Å². The fourth-order valence-corrected chi connectivity index (χ4v) is 4.17. The molecule has 4 rings (SSSR count).